The van der Waals surface area contributed by atoms with Gasteiger partial charge in [-0.3, -0.25) is 10.1 Å². The summed E-state index contributed by atoms with van der Waals surface area (Å²) in [5.41, 5.74) is 1.70. The van der Waals surface area contributed by atoms with Crippen molar-refractivity contribution in [2.45, 2.75) is 26.3 Å². The smallest absolute Gasteiger partial charge is 0.319 e. The quantitative estimate of drug-likeness (QED) is 0.245. The van der Waals surface area contributed by atoms with Crippen LogP contribution >= 0.6 is 11.6 Å². The molecule has 2 N–H and O–H groups in total. The van der Waals surface area contributed by atoms with Crippen LogP contribution in [0.25, 0.3) is 0 Å². The van der Waals surface area contributed by atoms with Gasteiger partial charge in [-0.25, -0.2) is 4.79 Å². The molecule has 0 aliphatic carbocycles. The van der Waals surface area contributed by atoms with E-state index >= 15 is 0 Å². The molecule has 2 aromatic rings. The van der Waals surface area contributed by atoms with E-state index in [4.69, 9.17) is 16.4 Å². The normalized spacial score (nSPS) is 11.9. The Hall–Kier alpha value is -3.17. The number of halogens is 1. The lowest BCUT2D eigenvalue weighted by molar-refractivity contribution is -0.384. The second kappa shape index (κ2) is 10.9. The zero-order valence-corrected chi connectivity index (χ0v) is 19.6. The molecule has 0 atom stereocenters. The van der Waals surface area contributed by atoms with Crippen molar-refractivity contribution < 1.29 is 14.6 Å². The number of likely N-dealkylation sites (N-methyl/N-ethyl adjacent to an activating group) is 1. The highest BCUT2D eigenvalue weighted by Crippen LogP contribution is 2.28. The Labute approximate surface area is 192 Å². The van der Waals surface area contributed by atoms with Gasteiger partial charge in [-0.2, -0.15) is 0 Å². The van der Waals surface area contributed by atoms with Crippen LogP contribution in [-0.4, -0.2) is 48.8 Å². The number of rotatable bonds is 9. The number of benzene rings is 2. The first-order valence-electron chi connectivity index (χ1n) is 9.95. The minimum absolute atomic E-state index is 0.000770. The third-order valence-corrected chi connectivity index (χ3v) is 4.98. The van der Waals surface area contributed by atoms with Gasteiger partial charge in [0.05, 0.1) is 16.2 Å². The maximum atomic E-state index is 12.5. The Morgan fingerprint density at radius 1 is 1.25 bits per heavy atom. The van der Waals surface area contributed by atoms with E-state index in [0.717, 1.165) is 23.4 Å². The summed E-state index contributed by atoms with van der Waals surface area (Å²) >= 11 is 5.82. The summed E-state index contributed by atoms with van der Waals surface area (Å²) in [4.78, 5) is 30.4. The monoisotopic (exact) mass is 461 g/mol. The summed E-state index contributed by atoms with van der Waals surface area (Å²) in [6, 6.07) is 11.2. The van der Waals surface area contributed by atoms with Crippen LogP contribution in [0.3, 0.4) is 0 Å². The van der Waals surface area contributed by atoms with E-state index in [-0.39, 0.29) is 16.4 Å². The average Bonchev–Trinajstić information content (AvgIpc) is 2.71. The molecule has 0 aromatic heterocycles. The van der Waals surface area contributed by atoms with Crippen LogP contribution in [0.2, 0.25) is 5.02 Å². The number of nitrogens with zero attached hydrogens (tertiary/aromatic N) is 3. The van der Waals surface area contributed by atoms with Crippen molar-refractivity contribution in [2.75, 3.05) is 32.6 Å². The Morgan fingerprint density at radius 2 is 1.97 bits per heavy atom. The molecule has 2 aromatic carbocycles. The highest BCUT2D eigenvalue weighted by Gasteiger charge is 2.24. The SMILES string of the molecule is C/C(=N\OCCN(C)C)c1cccc(C(C)(C)NC(=O)Nc2ccc(Cl)c([N+](=O)[O-])c2)c1. The first kappa shape index (κ1) is 25.1. The summed E-state index contributed by atoms with van der Waals surface area (Å²) < 4.78 is 0. The van der Waals surface area contributed by atoms with Crippen molar-refractivity contribution in [2.24, 2.45) is 5.16 Å². The van der Waals surface area contributed by atoms with Crippen molar-refractivity contribution in [3.05, 3.63) is 68.7 Å². The Bertz CT molecular complexity index is 1010. The lowest BCUT2D eigenvalue weighted by Crippen LogP contribution is -2.43. The van der Waals surface area contributed by atoms with Gasteiger partial charge in [-0.05, 0) is 64.2 Å². The lowest BCUT2D eigenvalue weighted by atomic mass is 9.92. The molecule has 0 aliphatic rings. The van der Waals surface area contributed by atoms with Crippen LogP contribution in [0.1, 0.15) is 31.9 Å². The van der Waals surface area contributed by atoms with Crippen molar-refractivity contribution in [3.63, 3.8) is 0 Å². The summed E-state index contributed by atoms with van der Waals surface area (Å²) in [6.07, 6.45) is 0. The molecule has 0 radical (unpaired) electrons. The predicted octanol–water partition coefficient (Wildman–Crippen LogP) is 4.61. The fourth-order valence-electron chi connectivity index (χ4n) is 2.80. The zero-order chi connectivity index (χ0) is 23.9. The molecular weight excluding hydrogens is 434 g/mol. The molecular formula is C22H28ClN5O4. The number of amides is 2. The standard InChI is InChI=1S/C22H28ClN5O4/c1-15(26-32-12-11-27(4)5)16-7-6-8-17(13-16)22(2,3)25-21(29)24-18-9-10-19(23)20(14-18)28(30)31/h6-10,13-14H,11-12H2,1-5H3,(H2,24,25,29)/b26-15+. The maximum absolute atomic E-state index is 12.5. The molecule has 0 fully saturated rings. The molecule has 2 amide bonds. The van der Waals surface area contributed by atoms with E-state index < -0.39 is 16.5 Å². The van der Waals surface area contributed by atoms with Crippen LogP contribution in [0.5, 0.6) is 0 Å². The minimum Gasteiger partial charge on any atom is -0.394 e. The van der Waals surface area contributed by atoms with Gasteiger partial charge in [-0.1, -0.05) is 35.0 Å². The molecule has 0 spiro atoms. The van der Waals surface area contributed by atoms with E-state index in [1.807, 2.05) is 64.0 Å². The Kier molecular flexibility index (Phi) is 8.56. The number of oxime groups is 1. The Balaban J connectivity index is 2.09. The summed E-state index contributed by atoms with van der Waals surface area (Å²) in [5, 5.41) is 20.7. The van der Waals surface area contributed by atoms with E-state index in [9.17, 15) is 14.9 Å². The van der Waals surface area contributed by atoms with Gasteiger partial charge in [0.15, 0.2) is 0 Å². The number of nitrogens with one attached hydrogen (secondary N) is 2. The second-order valence-corrected chi connectivity index (χ2v) is 8.43. The fraction of sp³-hybridized carbons (Fsp3) is 0.364. The van der Waals surface area contributed by atoms with Crippen LogP contribution in [0.15, 0.2) is 47.6 Å². The molecule has 0 saturated heterocycles. The number of hydrogen-bond acceptors (Lipinski definition) is 6. The van der Waals surface area contributed by atoms with Crippen LogP contribution < -0.4 is 10.6 Å². The highest BCUT2D eigenvalue weighted by molar-refractivity contribution is 6.32. The molecule has 0 saturated carbocycles. The van der Waals surface area contributed by atoms with Crippen molar-refractivity contribution in [1.29, 1.82) is 0 Å². The average molecular weight is 462 g/mol. The summed E-state index contributed by atoms with van der Waals surface area (Å²) in [6.45, 7) is 6.82. The molecule has 0 aliphatic heterocycles. The topological polar surface area (TPSA) is 109 Å². The molecule has 0 heterocycles. The predicted molar refractivity (Wildman–Crippen MR) is 126 cm³/mol. The Morgan fingerprint density at radius 3 is 2.62 bits per heavy atom. The number of carbonyl (C=O) groups excluding carboxylic acids is 1. The van der Waals surface area contributed by atoms with Gasteiger partial charge in [-0.15, -0.1) is 0 Å². The molecule has 32 heavy (non-hydrogen) atoms. The molecule has 0 bridgehead atoms. The maximum Gasteiger partial charge on any atom is 0.319 e. The van der Waals surface area contributed by atoms with E-state index in [0.29, 0.717) is 6.61 Å². The molecule has 9 nitrogen and oxygen atoms in total. The van der Waals surface area contributed by atoms with Crippen molar-refractivity contribution >= 4 is 34.7 Å². The zero-order valence-electron chi connectivity index (χ0n) is 18.8. The van der Waals surface area contributed by atoms with Gasteiger partial charge in [0.25, 0.3) is 5.69 Å². The van der Waals surface area contributed by atoms with Gasteiger partial charge in [0, 0.05) is 18.3 Å². The highest BCUT2D eigenvalue weighted by atomic mass is 35.5. The largest absolute Gasteiger partial charge is 0.394 e. The summed E-state index contributed by atoms with van der Waals surface area (Å²) in [5.74, 6) is 0. The minimum atomic E-state index is -0.732. The molecule has 2 rings (SSSR count). The van der Waals surface area contributed by atoms with Crippen molar-refractivity contribution in [3.8, 4) is 0 Å². The first-order valence-corrected chi connectivity index (χ1v) is 10.3. The van der Waals surface area contributed by atoms with Crippen LogP contribution in [-0.2, 0) is 10.4 Å². The van der Waals surface area contributed by atoms with Gasteiger partial charge < -0.3 is 20.4 Å². The second-order valence-electron chi connectivity index (χ2n) is 8.02. The van der Waals surface area contributed by atoms with Crippen LogP contribution in [0, 0.1) is 10.1 Å². The van der Waals surface area contributed by atoms with Crippen molar-refractivity contribution in [1.82, 2.24) is 10.2 Å². The van der Waals surface area contributed by atoms with E-state index in [2.05, 4.69) is 15.8 Å². The van der Waals surface area contributed by atoms with Gasteiger partial charge in [0.2, 0.25) is 0 Å². The molecule has 10 heteroatoms. The summed E-state index contributed by atoms with van der Waals surface area (Å²) in [7, 11) is 3.92. The molecule has 172 valence electrons. The number of hydrogen-bond donors (Lipinski definition) is 2. The molecule has 0 unspecified atom stereocenters. The third kappa shape index (κ3) is 7.21. The van der Waals surface area contributed by atoms with Gasteiger partial charge in [0.1, 0.15) is 11.6 Å². The number of urea groups is 1. The first-order chi connectivity index (χ1) is 15.0. The van der Waals surface area contributed by atoms with E-state index in [1.165, 1.54) is 18.2 Å². The van der Waals surface area contributed by atoms with E-state index in [1.54, 1.807) is 0 Å². The van der Waals surface area contributed by atoms with Gasteiger partial charge >= 0.3 is 6.03 Å². The number of nitro groups is 1. The van der Waals surface area contributed by atoms with Crippen LogP contribution in [0.4, 0.5) is 16.2 Å². The lowest BCUT2D eigenvalue weighted by Gasteiger charge is -2.27. The number of nitro benzene ring substituents is 1. The third-order valence-electron chi connectivity index (χ3n) is 4.66. The number of anilines is 1. The fourth-order valence-corrected chi connectivity index (χ4v) is 2.99. The number of carbonyl (C=O) groups is 1.